The van der Waals surface area contributed by atoms with Crippen molar-refractivity contribution < 1.29 is 18.8 Å². The Balaban J connectivity index is 2.13. The summed E-state index contributed by atoms with van der Waals surface area (Å²) in [5, 5.41) is 10.6. The largest absolute Gasteiger partial charge is 0.482 e. The SMILES string of the molecule is C=CCn1c(C)cc(C(=O)COc2ccc([N+](=O)[O-])cc2F)c1C. The summed E-state index contributed by atoms with van der Waals surface area (Å²) >= 11 is 0. The van der Waals surface area contributed by atoms with E-state index in [1.54, 1.807) is 12.1 Å². The molecular formula is C17H17FN2O4. The fourth-order valence-electron chi connectivity index (χ4n) is 2.43. The van der Waals surface area contributed by atoms with Gasteiger partial charge in [0.1, 0.15) is 0 Å². The van der Waals surface area contributed by atoms with Crippen molar-refractivity contribution in [1.82, 2.24) is 4.57 Å². The number of nitro groups is 1. The molecule has 0 atom stereocenters. The van der Waals surface area contributed by atoms with Gasteiger partial charge in [0.15, 0.2) is 18.2 Å². The highest BCUT2D eigenvalue weighted by Crippen LogP contribution is 2.23. The number of nitrogens with zero attached hydrogens (tertiary/aromatic N) is 2. The van der Waals surface area contributed by atoms with Crippen LogP contribution >= 0.6 is 0 Å². The molecule has 6 nitrogen and oxygen atoms in total. The van der Waals surface area contributed by atoms with E-state index in [0.29, 0.717) is 12.1 Å². The normalized spacial score (nSPS) is 10.5. The van der Waals surface area contributed by atoms with Gasteiger partial charge in [-0.2, -0.15) is 0 Å². The number of Topliss-reactive ketones (excluding diaryl/α,β-unsaturated/α-hetero) is 1. The molecule has 7 heteroatoms. The van der Waals surface area contributed by atoms with Crippen LogP contribution in [0.4, 0.5) is 10.1 Å². The van der Waals surface area contributed by atoms with Crippen LogP contribution in [0.25, 0.3) is 0 Å². The Bertz CT molecular complexity index is 811. The van der Waals surface area contributed by atoms with Gasteiger partial charge in [0.25, 0.3) is 5.69 Å². The van der Waals surface area contributed by atoms with Crippen molar-refractivity contribution in [2.24, 2.45) is 0 Å². The molecule has 0 spiro atoms. The van der Waals surface area contributed by atoms with E-state index in [1.807, 2.05) is 18.4 Å². The van der Waals surface area contributed by atoms with Crippen LogP contribution in [0.5, 0.6) is 5.75 Å². The molecule has 1 aromatic carbocycles. The number of aromatic nitrogens is 1. The van der Waals surface area contributed by atoms with Crippen LogP contribution in [0.3, 0.4) is 0 Å². The van der Waals surface area contributed by atoms with Crippen molar-refractivity contribution in [2.45, 2.75) is 20.4 Å². The van der Waals surface area contributed by atoms with Gasteiger partial charge in [0, 0.05) is 29.6 Å². The topological polar surface area (TPSA) is 74.4 Å². The minimum atomic E-state index is -0.880. The molecule has 0 bridgehead atoms. The summed E-state index contributed by atoms with van der Waals surface area (Å²) in [6, 6.07) is 4.77. The summed E-state index contributed by atoms with van der Waals surface area (Å²) in [6.07, 6.45) is 1.73. The molecule has 0 N–H and O–H groups in total. The first kappa shape index (κ1) is 17.4. The van der Waals surface area contributed by atoms with E-state index in [0.717, 1.165) is 29.6 Å². The third kappa shape index (κ3) is 3.51. The van der Waals surface area contributed by atoms with Crippen molar-refractivity contribution in [3.05, 3.63) is 69.8 Å². The number of rotatable bonds is 7. The van der Waals surface area contributed by atoms with E-state index in [9.17, 15) is 19.3 Å². The van der Waals surface area contributed by atoms with Crippen molar-refractivity contribution >= 4 is 11.5 Å². The lowest BCUT2D eigenvalue weighted by atomic mass is 10.1. The first-order valence-corrected chi connectivity index (χ1v) is 7.22. The molecule has 0 aliphatic carbocycles. The number of hydrogen-bond donors (Lipinski definition) is 0. The molecular weight excluding hydrogens is 315 g/mol. The molecule has 126 valence electrons. The molecule has 0 saturated heterocycles. The van der Waals surface area contributed by atoms with Crippen LogP contribution < -0.4 is 4.74 Å². The standard InChI is InChI=1S/C17H17FN2O4/c1-4-7-19-11(2)8-14(12(19)3)16(21)10-24-17-6-5-13(20(22)23)9-15(17)18/h4-6,8-9H,1,7,10H2,2-3H3. The lowest BCUT2D eigenvalue weighted by molar-refractivity contribution is -0.385. The van der Waals surface area contributed by atoms with Crippen LogP contribution in [0.2, 0.25) is 0 Å². The maximum Gasteiger partial charge on any atom is 0.272 e. The number of carbonyl (C=O) groups is 1. The molecule has 0 unspecified atom stereocenters. The summed E-state index contributed by atoms with van der Waals surface area (Å²) < 4.78 is 20.9. The Morgan fingerprint density at radius 1 is 1.42 bits per heavy atom. The lowest BCUT2D eigenvalue weighted by Gasteiger charge is -2.08. The maximum atomic E-state index is 13.8. The Morgan fingerprint density at radius 2 is 2.12 bits per heavy atom. The predicted molar refractivity (Wildman–Crippen MR) is 87.0 cm³/mol. The van der Waals surface area contributed by atoms with E-state index in [4.69, 9.17) is 4.74 Å². The Labute approximate surface area is 138 Å². The predicted octanol–water partition coefficient (Wildman–Crippen LogP) is 3.60. The monoisotopic (exact) mass is 332 g/mol. The van der Waals surface area contributed by atoms with Gasteiger partial charge < -0.3 is 9.30 Å². The molecule has 2 rings (SSSR count). The second-order valence-electron chi connectivity index (χ2n) is 5.27. The molecule has 1 heterocycles. The van der Waals surface area contributed by atoms with Crippen LogP contribution in [0, 0.1) is 29.8 Å². The van der Waals surface area contributed by atoms with Crippen molar-refractivity contribution in [3.63, 3.8) is 0 Å². The molecule has 2 aromatic rings. The van der Waals surface area contributed by atoms with Crippen LogP contribution in [-0.4, -0.2) is 21.9 Å². The summed E-state index contributed by atoms with van der Waals surface area (Å²) in [6.45, 7) is 7.60. The van der Waals surface area contributed by atoms with Crippen LogP contribution in [-0.2, 0) is 6.54 Å². The molecule has 0 radical (unpaired) electrons. The van der Waals surface area contributed by atoms with Gasteiger partial charge in [-0.15, -0.1) is 6.58 Å². The van der Waals surface area contributed by atoms with Gasteiger partial charge in [0.05, 0.1) is 11.0 Å². The Kier molecular flexibility index (Phi) is 5.13. The van der Waals surface area contributed by atoms with Gasteiger partial charge in [-0.25, -0.2) is 4.39 Å². The molecule has 1 aromatic heterocycles. The number of ketones is 1. The zero-order valence-corrected chi connectivity index (χ0v) is 13.4. The summed E-state index contributed by atoms with van der Waals surface area (Å²) in [7, 11) is 0. The summed E-state index contributed by atoms with van der Waals surface area (Å²) in [5.74, 6) is -1.38. The second kappa shape index (κ2) is 7.08. The minimum absolute atomic E-state index is 0.200. The van der Waals surface area contributed by atoms with Gasteiger partial charge >= 0.3 is 0 Å². The van der Waals surface area contributed by atoms with Gasteiger partial charge in [-0.05, 0) is 26.0 Å². The zero-order chi connectivity index (χ0) is 17.9. The van der Waals surface area contributed by atoms with E-state index >= 15 is 0 Å². The molecule has 0 fully saturated rings. The van der Waals surface area contributed by atoms with E-state index in [1.165, 1.54) is 0 Å². The second-order valence-corrected chi connectivity index (χ2v) is 5.27. The third-order valence-corrected chi connectivity index (χ3v) is 3.67. The van der Waals surface area contributed by atoms with Gasteiger partial charge in [0.2, 0.25) is 5.78 Å². The molecule has 0 amide bonds. The fraction of sp³-hybridized carbons (Fsp3) is 0.235. The number of allylic oxidation sites excluding steroid dienone is 1. The average molecular weight is 332 g/mol. The first-order chi connectivity index (χ1) is 11.3. The molecule has 0 aliphatic rings. The fourth-order valence-corrected chi connectivity index (χ4v) is 2.43. The number of carbonyl (C=O) groups excluding carboxylic acids is 1. The quantitative estimate of drug-likeness (QED) is 0.336. The molecule has 0 saturated carbocycles. The first-order valence-electron chi connectivity index (χ1n) is 7.22. The number of hydrogen-bond acceptors (Lipinski definition) is 4. The van der Waals surface area contributed by atoms with Gasteiger partial charge in [-0.1, -0.05) is 6.08 Å². The molecule has 0 aliphatic heterocycles. The number of ether oxygens (including phenoxy) is 1. The summed E-state index contributed by atoms with van der Waals surface area (Å²) in [5.41, 5.74) is 1.82. The number of aryl methyl sites for hydroxylation is 1. The number of non-ortho nitro benzene ring substituents is 1. The Hall–Kier alpha value is -2.96. The van der Waals surface area contributed by atoms with Crippen LogP contribution in [0.15, 0.2) is 36.9 Å². The van der Waals surface area contributed by atoms with Gasteiger partial charge in [-0.3, -0.25) is 14.9 Å². The highest BCUT2D eigenvalue weighted by molar-refractivity contribution is 5.98. The third-order valence-electron chi connectivity index (χ3n) is 3.67. The van der Waals surface area contributed by atoms with E-state index < -0.39 is 10.7 Å². The maximum absolute atomic E-state index is 13.8. The smallest absolute Gasteiger partial charge is 0.272 e. The van der Waals surface area contributed by atoms with Crippen LogP contribution in [0.1, 0.15) is 21.7 Å². The summed E-state index contributed by atoms with van der Waals surface area (Å²) in [4.78, 5) is 22.2. The minimum Gasteiger partial charge on any atom is -0.482 e. The zero-order valence-electron chi connectivity index (χ0n) is 13.4. The lowest BCUT2D eigenvalue weighted by Crippen LogP contribution is -2.13. The number of halogens is 1. The highest BCUT2D eigenvalue weighted by atomic mass is 19.1. The highest BCUT2D eigenvalue weighted by Gasteiger charge is 2.17. The van der Waals surface area contributed by atoms with Crippen molar-refractivity contribution in [3.8, 4) is 5.75 Å². The number of benzene rings is 1. The van der Waals surface area contributed by atoms with Crippen molar-refractivity contribution in [2.75, 3.05) is 6.61 Å². The average Bonchev–Trinajstić information content (AvgIpc) is 2.82. The van der Waals surface area contributed by atoms with E-state index in [-0.39, 0.29) is 23.8 Å². The Morgan fingerprint density at radius 3 is 2.71 bits per heavy atom. The number of nitro benzene ring substituents is 1. The molecule has 24 heavy (non-hydrogen) atoms. The van der Waals surface area contributed by atoms with Crippen molar-refractivity contribution in [1.29, 1.82) is 0 Å². The van der Waals surface area contributed by atoms with E-state index in [2.05, 4.69) is 6.58 Å².